The van der Waals surface area contributed by atoms with E-state index in [-0.39, 0.29) is 5.91 Å². The molecule has 3 nitrogen and oxygen atoms in total. The quantitative estimate of drug-likeness (QED) is 0.816. The van der Waals surface area contributed by atoms with Crippen molar-refractivity contribution in [1.82, 2.24) is 10.2 Å². The van der Waals surface area contributed by atoms with Crippen LogP contribution in [0.25, 0.3) is 0 Å². The molecule has 2 atom stereocenters. The molecule has 2 heterocycles. The van der Waals surface area contributed by atoms with Gasteiger partial charge in [0, 0.05) is 24.7 Å². The van der Waals surface area contributed by atoms with Gasteiger partial charge in [0.15, 0.2) is 0 Å². The van der Waals surface area contributed by atoms with Crippen molar-refractivity contribution in [3.63, 3.8) is 0 Å². The summed E-state index contributed by atoms with van der Waals surface area (Å²) in [7, 11) is 0. The highest BCUT2D eigenvalue weighted by Crippen LogP contribution is 2.26. The number of carbonyl (C=O) groups is 1. The van der Waals surface area contributed by atoms with Crippen LogP contribution in [0.4, 0.5) is 0 Å². The maximum atomic E-state index is 12.5. The first kappa shape index (κ1) is 11.7. The van der Waals surface area contributed by atoms with E-state index in [2.05, 4.69) is 11.4 Å². The first-order valence-electron chi connectivity index (χ1n) is 6.75. The van der Waals surface area contributed by atoms with Gasteiger partial charge in [-0.3, -0.25) is 4.79 Å². The van der Waals surface area contributed by atoms with E-state index in [0.29, 0.717) is 12.0 Å². The van der Waals surface area contributed by atoms with Crippen LogP contribution >= 0.6 is 0 Å². The summed E-state index contributed by atoms with van der Waals surface area (Å²) < 4.78 is 0. The Kier molecular flexibility index (Phi) is 2.86. The highest BCUT2D eigenvalue weighted by molar-refractivity contribution is 5.96. The molecule has 0 aliphatic carbocycles. The molecule has 2 aliphatic rings. The predicted octanol–water partition coefficient (Wildman–Crippen LogP) is 1.74. The minimum atomic E-state index is 0.201. The van der Waals surface area contributed by atoms with E-state index in [1.807, 2.05) is 30.9 Å². The van der Waals surface area contributed by atoms with Gasteiger partial charge in [0.1, 0.15) is 0 Å². The SMILES string of the molecule is Cc1ccc(C)c(C(=O)N2C[C@@H]3CCN[C@@H]3C2)c1. The summed E-state index contributed by atoms with van der Waals surface area (Å²) >= 11 is 0. The van der Waals surface area contributed by atoms with Crippen molar-refractivity contribution >= 4 is 5.91 Å². The second kappa shape index (κ2) is 4.39. The summed E-state index contributed by atoms with van der Waals surface area (Å²) in [5.41, 5.74) is 3.10. The topological polar surface area (TPSA) is 32.3 Å². The zero-order valence-corrected chi connectivity index (χ0v) is 11.1. The zero-order valence-electron chi connectivity index (χ0n) is 11.1. The van der Waals surface area contributed by atoms with E-state index in [1.165, 1.54) is 6.42 Å². The molecule has 2 fully saturated rings. The number of carbonyl (C=O) groups excluding carboxylic acids is 1. The first-order valence-corrected chi connectivity index (χ1v) is 6.75. The molecular weight excluding hydrogens is 224 g/mol. The van der Waals surface area contributed by atoms with Crippen LogP contribution in [0.5, 0.6) is 0 Å². The van der Waals surface area contributed by atoms with Crippen molar-refractivity contribution in [2.24, 2.45) is 5.92 Å². The molecule has 0 aromatic heterocycles. The molecule has 2 saturated heterocycles. The van der Waals surface area contributed by atoms with Gasteiger partial charge in [-0.1, -0.05) is 17.7 Å². The molecule has 1 amide bonds. The Labute approximate surface area is 108 Å². The van der Waals surface area contributed by atoms with Crippen molar-refractivity contribution < 1.29 is 4.79 Å². The Morgan fingerprint density at radius 2 is 2.17 bits per heavy atom. The van der Waals surface area contributed by atoms with Crippen LogP contribution in [-0.2, 0) is 0 Å². The molecule has 3 heteroatoms. The van der Waals surface area contributed by atoms with Crippen LogP contribution in [0, 0.1) is 19.8 Å². The maximum absolute atomic E-state index is 12.5. The van der Waals surface area contributed by atoms with Crippen LogP contribution in [0.3, 0.4) is 0 Å². The number of hydrogen-bond donors (Lipinski definition) is 1. The summed E-state index contributed by atoms with van der Waals surface area (Å²) in [6.45, 7) is 6.96. The number of aryl methyl sites for hydroxylation is 2. The third kappa shape index (κ3) is 1.93. The fraction of sp³-hybridized carbons (Fsp3) is 0.533. The predicted molar refractivity (Wildman–Crippen MR) is 71.7 cm³/mol. The summed E-state index contributed by atoms with van der Waals surface area (Å²) in [5, 5.41) is 3.49. The Morgan fingerprint density at radius 1 is 1.33 bits per heavy atom. The molecule has 0 bridgehead atoms. The lowest BCUT2D eigenvalue weighted by atomic mass is 10.0. The molecule has 1 aromatic rings. The Hall–Kier alpha value is -1.35. The third-order valence-electron chi connectivity index (χ3n) is 4.27. The van der Waals surface area contributed by atoms with Gasteiger partial charge in [-0.05, 0) is 44.4 Å². The first-order chi connectivity index (χ1) is 8.65. The second-order valence-electron chi connectivity index (χ2n) is 5.64. The fourth-order valence-corrected chi connectivity index (χ4v) is 3.15. The molecule has 2 aliphatic heterocycles. The average Bonchev–Trinajstić information content (AvgIpc) is 2.91. The molecule has 0 saturated carbocycles. The number of nitrogens with zero attached hydrogens (tertiary/aromatic N) is 1. The van der Waals surface area contributed by atoms with Crippen molar-refractivity contribution in [2.45, 2.75) is 26.3 Å². The number of benzene rings is 1. The lowest BCUT2D eigenvalue weighted by Gasteiger charge is -2.19. The maximum Gasteiger partial charge on any atom is 0.254 e. The van der Waals surface area contributed by atoms with Gasteiger partial charge in [0.05, 0.1) is 0 Å². The highest BCUT2D eigenvalue weighted by atomic mass is 16.2. The largest absolute Gasteiger partial charge is 0.337 e. The van der Waals surface area contributed by atoms with Crippen LogP contribution in [0.2, 0.25) is 0 Å². The van der Waals surface area contributed by atoms with E-state index in [9.17, 15) is 4.79 Å². The molecule has 96 valence electrons. The average molecular weight is 244 g/mol. The van der Waals surface area contributed by atoms with Crippen molar-refractivity contribution in [1.29, 1.82) is 0 Å². The standard InChI is InChI=1S/C15H20N2O/c1-10-3-4-11(2)13(7-10)15(18)17-8-12-5-6-16-14(12)9-17/h3-4,7,12,14,16H,5-6,8-9H2,1-2H3/t12-,14+/m0/s1. The Bertz CT molecular complexity index is 471. The summed E-state index contributed by atoms with van der Waals surface area (Å²) in [6, 6.07) is 6.64. The highest BCUT2D eigenvalue weighted by Gasteiger charge is 2.38. The van der Waals surface area contributed by atoms with E-state index in [0.717, 1.165) is 36.3 Å². The van der Waals surface area contributed by atoms with Crippen molar-refractivity contribution in [2.75, 3.05) is 19.6 Å². The van der Waals surface area contributed by atoms with Gasteiger partial charge in [-0.25, -0.2) is 0 Å². The summed E-state index contributed by atoms with van der Waals surface area (Å²) in [5.74, 6) is 0.867. The minimum absolute atomic E-state index is 0.201. The summed E-state index contributed by atoms with van der Waals surface area (Å²) in [4.78, 5) is 14.6. The van der Waals surface area contributed by atoms with Gasteiger partial charge in [0.2, 0.25) is 0 Å². The third-order valence-corrected chi connectivity index (χ3v) is 4.27. The molecular formula is C15H20N2O. The van der Waals surface area contributed by atoms with Gasteiger partial charge < -0.3 is 10.2 Å². The zero-order chi connectivity index (χ0) is 12.7. The molecule has 0 spiro atoms. The number of rotatable bonds is 1. The van der Waals surface area contributed by atoms with Crippen LogP contribution in [0.15, 0.2) is 18.2 Å². The number of amides is 1. The van der Waals surface area contributed by atoms with Crippen LogP contribution in [-0.4, -0.2) is 36.5 Å². The van der Waals surface area contributed by atoms with Crippen molar-refractivity contribution in [3.8, 4) is 0 Å². The van der Waals surface area contributed by atoms with E-state index in [4.69, 9.17) is 0 Å². The summed E-state index contributed by atoms with van der Waals surface area (Å²) in [6.07, 6.45) is 1.21. The van der Waals surface area contributed by atoms with E-state index >= 15 is 0 Å². The Morgan fingerprint density at radius 3 is 2.94 bits per heavy atom. The van der Waals surface area contributed by atoms with Crippen LogP contribution in [0.1, 0.15) is 27.9 Å². The number of hydrogen-bond acceptors (Lipinski definition) is 2. The van der Waals surface area contributed by atoms with Gasteiger partial charge in [-0.2, -0.15) is 0 Å². The van der Waals surface area contributed by atoms with Crippen LogP contribution < -0.4 is 5.32 Å². The molecule has 3 rings (SSSR count). The molecule has 0 radical (unpaired) electrons. The minimum Gasteiger partial charge on any atom is -0.337 e. The Balaban J connectivity index is 1.81. The molecule has 0 unspecified atom stereocenters. The lowest BCUT2D eigenvalue weighted by molar-refractivity contribution is 0.0782. The number of likely N-dealkylation sites (tertiary alicyclic amines) is 1. The normalized spacial score (nSPS) is 26.4. The molecule has 1 N–H and O–H groups in total. The monoisotopic (exact) mass is 244 g/mol. The number of nitrogens with one attached hydrogen (secondary N) is 1. The number of fused-ring (bicyclic) bond motifs is 1. The molecule has 18 heavy (non-hydrogen) atoms. The van der Waals surface area contributed by atoms with E-state index < -0.39 is 0 Å². The second-order valence-corrected chi connectivity index (χ2v) is 5.64. The van der Waals surface area contributed by atoms with Gasteiger partial charge in [0.25, 0.3) is 5.91 Å². The van der Waals surface area contributed by atoms with E-state index in [1.54, 1.807) is 0 Å². The van der Waals surface area contributed by atoms with Gasteiger partial charge >= 0.3 is 0 Å². The lowest BCUT2D eigenvalue weighted by Crippen LogP contribution is -2.34. The van der Waals surface area contributed by atoms with Gasteiger partial charge in [-0.15, -0.1) is 0 Å². The smallest absolute Gasteiger partial charge is 0.254 e. The fourth-order valence-electron chi connectivity index (χ4n) is 3.15. The molecule has 1 aromatic carbocycles. The van der Waals surface area contributed by atoms with Crippen molar-refractivity contribution in [3.05, 3.63) is 34.9 Å².